The molecular weight excluding hydrogens is 412 g/mol. The fourth-order valence-corrected chi connectivity index (χ4v) is 2.99. The number of nitro groups is 1. The number of amides is 1. The Labute approximate surface area is 178 Å². The predicted molar refractivity (Wildman–Crippen MR) is 110 cm³/mol. The first-order valence-corrected chi connectivity index (χ1v) is 8.98. The second-order valence-electron chi connectivity index (χ2n) is 6.13. The summed E-state index contributed by atoms with van der Waals surface area (Å²) in [5.41, 5.74) is -0.531. The van der Waals surface area contributed by atoms with Gasteiger partial charge in [0.1, 0.15) is 23.2 Å². The van der Waals surface area contributed by atoms with Crippen LogP contribution in [0.3, 0.4) is 0 Å². The van der Waals surface area contributed by atoms with Crippen molar-refractivity contribution in [2.24, 2.45) is 0 Å². The van der Waals surface area contributed by atoms with Crippen molar-refractivity contribution in [1.82, 2.24) is 5.32 Å². The highest BCUT2D eigenvalue weighted by molar-refractivity contribution is 6.00. The van der Waals surface area contributed by atoms with Crippen LogP contribution in [0, 0.1) is 10.1 Å². The van der Waals surface area contributed by atoms with Gasteiger partial charge in [0.25, 0.3) is 5.91 Å². The molecule has 0 aliphatic heterocycles. The number of hydrogen-bond acceptors (Lipinski definition) is 9. The molecule has 1 unspecified atom stereocenters. The van der Waals surface area contributed by atoms with Crippen LogP contribution >= 0.6 is 0 Å². The molecule has 0 heterocycles. The van der Waals surface area contributed by atoms with Crippen molar-refractivity contribution >= 4 is 11.6 Å². The molecule has 0 fully saturated rings. The molecule has 1 atom stereocenters. The van der Waals surface area contributed by atoms with Gasteiger partial charge in [0.2, 0.25) is 11.5 Å². The van der Waals surface area contributed by atoms with E-state index in [0.29, 0.717) is 17.1 Å². The molecule has 2 rings (SSSR count). The fourth-order valence-electron chi connectivity index (χ4n) is 2.99. The van der Waals surface area contributed by atoms with Crippen LogP contribution in [0.5, 0.6) is 28.7 Å². The number of carbonyl (C=O) groups is 1. The quantitative estimate of drug-likeness (QED) is 0.423. The van der Waals surface area contributed by atoms with Gasteiger partial charge in [-0.25, -0.2) is 0 Å². The Morgan fingerprint density at radius 3 is 2.16 bits per heavy atom. The normalized spacial score (nSPS) is 11.3. The second-order valence-corrected chi connectivity index (χ2v) is 6.13. The molecule has 0 aliphatic rings. The first-order chi connectivity index (χ1) is 14.8. The summed E-state index contributed by atoms with van der Waals surface area (Å²) >= 11 is 0. The Bertz CT molecular complexity index is 962. The molecule has 0 saturated heterocycles. The zero-order chi connectivity index (χ0) is 23.1. The van der Waals surface area contributed by atoms with E-state index >= 15 is 0 Å². The third-order valence-corrected chi connectivity index (χ3v) is 4.48. The Balaban J connectivity index is 2.37. The number of nitrogens with zero attached hydrogens (tertiary/aromatic N) is 1. The first kappa shape index (κ1) is 23.5. The van der Waals surface area contributed by atoms with Crippen molar-refractivity contribution in [3.63, 3.8) is 0 Å². The lowest BCUT2D eigenvalue weighted by Crippen LogP contribution is -2.29. The number of methoxy groups -OCH3 is 5. The summed E-state index contributed by atoms with van der Waals surface area (Å²) < 4.78 is 25.8. The third-order valence-electron chi connectivity index (χ3n) is 4.48. The Morgan fingerprint density at radius 2 is 1.65 bits per heavy atom. The van der Waals surface area contributed by atoms with Gasteiger partial charge in [0, 0.05) is 18.2 Å². The van der Waals surface area contributed by atoms with Crippen molar-refractivity contribution in [2.45, 2.75) is 6.10 Å². The summed E-state index contributed by atoms with van der Waals surface area (Å²) in [7, 11) is 6.75. The van der Waals surface area contributed by atoms with Crippen LogP contribution in [0.4, 0.5) is 5.69 Å². The Kier molecular flexibility index (Phi) is 7.86. The van der Waals surface area contributed by atoms with E-state index in [-0.39, 0.29) is 29.4 Å². The smallest absolute Gasteiger partial charge is 0.327 e. The van der Waals surface area contributed by atoms with Crippen molar-refractivity contribution in [2.75, 3.05) is 42.1 Å². The van der Waals surface area contributed by atoms with Crippen LogP contribution < -0.4 is 29.0 Å². The van der Waals surface area contributed by atoms with Crippen LogP contribution in [0.2, 0.25) is 0 Å². The summed E-state index contributed by atoms with van der Waals surface area (Å²) in [4.78, 5) is 23.7. The molecule has 2 N–H and O–H groups in total. The van der Waals surface area contributed by atoms with Gasteiger partial charge in [0.05, 0.1) is 40.5 Å². The third kappa shape index (κ3) is 4.89. The number of carbonyl (C=O) groups excluding carboxylic acids is 1. The van der Waals surface area contributed by atoms with Crippen molar-refractivity contribution in [3.8, 4) is 28.7 Å². The number of aliphatic hydroxyl groups excluding tert-OH is 1. The number of benzene rings is 2. The molecule has 0 aliphatic carbocycles. The van der Waals surface area contributed by atoms with Gasteiger partial charge in [-0.3, -0.25) is 14.9 Å². The standard InChI is InChI=1S/C20H24N2O9/c1-27-11-6-7-15(28-2)12(8-11)14(23)10-21-20(24)13-9-16(29-3)18(30-4)19(31-5)17(13)22(25)26/h6-9,14,23H,10H2,1-5H3,(H,21,24). The zero-order valence-electron chi connectivity index (χ0n) is 17.8. The molecule has 2 aromatic rings. The number of nitrogens with one attached hydrogen (secondary N) is 1. The number of ether oxygens (including phenoxy) is 5. The highest BCUT2D eigenvalue weighted by Gasteiger charge is 2.32. The van der Waals surface area contributed by atoms with Crippen molar-refractivity contribution in [1.29, 1.82) is 0 Å². The lowest BCUT2D eigenvalue weighted by Gasteiger charge is -2.17. The molecule has 11 heteroatoms. The lowest BCUT2D eigenvalue weighted by molar-refractivity contribution is -0.386. The van der Waals surface area contributed by atoms with Gasteiger partial charge in [-0.2, -0.15) is 0 Å². The topological polar surface area (TPSA) is 139 Å². The molecule has 0 spiro atoms. The predicted octanol–water partition coefficient (Wildman–Crippen LogP) is 2.10. The molecule has 168 valence electrons. The minimum absolute atomic E-state index is 0.0191. The SMILES string of the molecule is COc1ccc(OC)c(C(O)CNC(=O)c2cc(OC)c(OC)c(OC)c2[N+](=O)[O-])c1. The maximum absolute atomic E-state index is 12.8. The van der Waals surface area contributed by atoms with E-state index in [9.17, 15) is 20.0 Å². The van der Waals surface area contributed by atoms with Crippen LogP contribution in [0.25, 0.3) is 0 Å². The van der Waals surface area contributed by atoms with E-state index in [1.165, 1.54) is 41.6 Å². The van der Waals surface area contributed by atoms with Gasteiger partial charge in [-0.15, -0.1) is 0 Å². The first-order valence-electron chi connectivity index (χ1n) is 8.98. The molecule has 0 radical (unpaired) electrons. The summed E-state index contributed by atoms with van der Waals surface area (Å²) in [6.07, 6.45) is -1.17. The number of nitro benzene ring substituents is 1. The van der Waals surface area contributed by atoms with Gasteiger partial charge < -0.3 is 34.1 Å². The van der Waals surface area contributed by atoms with Crippen LogP contribution in [0.1, 0.15) is 22.0 Å². The van der Waals surface area contributed by atoms with E-state index in [0.717, 1.165) is 0 Å². The van der Waals surface area contributed by atoms with E-state index < -0.39 is 22.6 Å². The van der Waals surface area contributed by atoms with E-state index in [1.54, 1.807) is 18.2 Å². The minimum atomic E-state index is -1.17. The van der Waals surface area contributed by atoms with Gasteiger partial charge in [0.15, 0.2) is 5.75 Å². The van der Waals surface area contributed by atoms with E-state index in [4.69, 9.17) is 23.7 Å². The summed E-state index contributed by atoms with van der Waals surface area (Å²) in [6.45, 7) is -0.254. The van der Waals surface area contributed by atoms with E-state index in [2.05, 4.69) is 5.32 Å². The Morgan fingerprint density at radius 1 is 1.00 bits per heavy atom. The van der Waals surface area contributed by atoms with Crippen molar-refractivity contribution < 1.29 is 38.5 Å². The van der Waals surface area contributed by atoms with E-state index in [1.807, 2.05) is 0 Å². The van der Waals surface area contributed by atoms with Gasteiger partial charge in [-0.05, 0) is 18.2 Å². The van der Waals surface area contributed by atoms with Crippen LogP contribution in [0.15, 0.2) is 24.3 Å². The molecule has 0 saturated carbocycles. The summed E-state index contributed by atoms with van der Waals surface area (Å²) in [5, 5.41) is 24.7. The largest absolute Gasteiger partial charge is 0.497 e. The number of rotatable bonds is 10. The summed E-state index contributed by atoms with van der Waals surface area (Å²) in [6, 6.07) is 6.01. The molecule has 2 aromatic carbocycles. The average molecular weight is 436 g/mol. The zero-order valence-corrected chi connectivity index (χ0v) is 17.8. The van der Waals surface area contributed by atoms with Gasteiger partial charge in [-0.1, -0.05) is 0 Å². The maximum atomic E-state index is 12.8. The Hall–Kier alpha value is -3.73. The van der Waals surface area contributed by atoms with Crippen LogP contribution in [-0.2, 0) is 0 Å². The number of hydrogen-bond donors (Lipinski definition) is 2. The highest BCUT2D eigenvalue weighted by Crippen LogP contribution is 2.46. The van der Waals surface area contributed by atoms with Gasteiger partial charge >= 0.3 is 5.69 Å². The molecule has 0 bridgehead atoms. The average Bonchev–Trinajstić information content (AvgIpc) is 2.79. The monoisotopic (exact) mass is 436 g/mol. The van der Waals surface area contributed by atoms with Crippen molar-refractivity contribution in [3.05, 3.63) is 45.5 Å². The minimum Gasteiger partial charge on any atom is -0.497 e. The molecular formula is C20H24N2O9. The second kappa shape index (κ2) is 10.3. The summed E-state index contributed by atoms with van der Waals surface area (Å²) in [5.74, 6) is -0.138. The molecule has 1 amide bonds. The van der Waals surface area contributed by atoms with Crippen LogP contribution in [-0.4, -0.2) is 58.0 Å². The molecule has 11 nitrogen and oxygen atoms in total. The molecule has 31 heavy (non-hydrogen) atoms. The number of aliphatic hydroxyl groups is 1. The maximum Gasteiger partial charge on any atom is 0.327 e. The molecule has 0 aromatic heterocycles. The fraction of sp³-hybridized carbons (Fsp3) is 0.350. The lowest BCUT2D eigenvalue weighted by atomic mass is 10.1. The highest BCUT2D eigenvalue weighted by atomic mass is 16.6.